The molecule has 0 unspecified atom stereocenters. The Balaban J connectivity index is 2.05. The van der Waals surface area contributed by atoms with Crippen molar-refractivity contribution in [3.8, 4) is 11.5 Å². The number of phenolic OH excluding ortho intramolecular Hbond substituents is 2. The first kappa shape index (κ1) is 15.2. The number of rotatable bonds is 3. The molecule has 6 heteroatoms. The van der Waals surface area contributed by atoms with Gasteiger partial charge in [0.25, 0.3) is 10.0 Å². The molecule has 3 N–H and O–H groups in total. The summed E-state index contributed by atoms with van der Waals surface area (Å²) >= 11 is 0. The van der Waals surface area contributed by atoms with Crippen LogP contribution in [0.2, 0.25) is 0 Å². The molecule has 0 aliphatic heterocycles. The molecule has 0 aromatic heterocycles. The van der Waals surface area contributed by atoms with E-state index in [-0.39, 0.29) is 22.1 Å². The minimum absolute atomic E-state index is 0.0818. The summed E-state index contributed by atoms with van der Waals surface area (Å²) in [5.41, 5.74) is 0.814. The Bertz CT molecular complexity index is 997. The molecule has 0 bridgehead atoms. The molecule has 0 heterocycles. The molecule has 0 saturated carbocycles. The van der Waals surface area contributed by atoms with Gasteiger partial charge < -0.3 is 10.2 Å². The Hall–Kier alpha value is -2.73. The summed E-state index contributed by atoms with van der Waals surface area (Å²) in [6.45, 7) is 1.77. The normalized spacial score (nSPS) is 11.5. The fourth-order valence-corrected chi connectivity index (χ4v) is 3.49. The Labute approximate surface area is 133 Å². The van der Waals surface area contributed by atoms with Crippen LogP contribution in [-0.2, 0) is 10.0 Å². The number of anilines is 1. The summed E-state index contributed by atoms with van der Waals surface area (Å²) in [4.78, 5) is 0.0818. The third-order valence-electron chi connectivity index (χ3n) is 3.69. The van der Waals surface area contributed by atoms with Crippen LogP contribution in [0.3, 0.4) is 0 Å². The lowest BCUT2D eigenvalue weighted by atomic mass is 10.1. The van der Waals surface area contributed by atoms with Gasteiger partial charge in [0, 0.05) is 0 Å². The van der Waals surface area contributed by atoms with E-state index >= 15 is 0 Å². The molecule has 3 aromatic carbocycles. The van der Waals surface area contributed by atoms with Gasteiger partial charge in [-0.15, -0.1) is 0 Å². The maximum Gasteiger partial charge on any atom is 0.262 e. The zero-order valence-electron chi connectivity index (χ0n) is 12.3. The SMILES string of the molecule is Cc1c(O)ccc2cc(S(=O)(=O)Nc3ccccc3O)ccc12. The molecule has 0 spiro atoms. The summed E-state index contributed by atoms with van der Waals surface area (Å²) in [6, 6.07) is 14.0. The highest BCUT2D eigenvalue weighted by molar-refractivity contribution is 7.92. The van der Waals surface area contributed by atoms with Crippen molar-refractivity contribution in [1.82, 2.24) is 0 Å². The van der Waals surface area contributed by atoms with Gasteiger partial charge in [0.05, 0.1) is 10.6 Å². The fraction of sp³-hybridized carbons (Fsp3) is 0.0588. The maximum atomic E-state index is 12.5. The van der Waals surface area contributed by atoms with Gasteiger partial charge in [0.15, 0.2) is 0 Å². The average molecular weight is 329 g/mol. The van der Waals surface area contributed by atoms with Crippen LogP contribution in [0.4, 0.5) is 5.69 Å². The van der Waals surface area contributed by atoms with Crippen molar-refractivity contribution in [2.24, 2.45) is 0 Å². The van der Waals surface area contributed by atoms with Gasteiger partial charge in [0.2, 0.25) is 0 Å². The number of hydrogen-bond acceptors (Lipinski definition) is 4. The predicted octanol–water partition coefficient (Wildman–Crippen LogP) is 3.36. The Morgan fingerprint density at radius 1 is 0.913 bits per heavy atom. The molecular formula is C17H15NO4S. The molecule has 0 radical (unpaired) electrons. The zero-order chi connectivity index (χ0) is 16.6. The second kappa shape index (κ2) is 5.48. The van der Waals surface area contributed by atoms with Crippen LogP contribution in [0.1, 0.15) is 5.56 Å². The van der Waals surface area contributed by atoms with Gasteiger partial charge in [-0.05, 0) is 53.6 Å². The first-order valence-corrected chi connectivity index (χ1v) is 8.40. The standard InChI is InChI=1S/C17H15NO4S/c1-11-14-8-7-13(10-12(14)6-9-16(11)19)23(21,22)18-15-4-2-3-5-17(15)20/h2-10,18-20H,1H3. The lowest BCUT2D eigenvalue weighted by molar-refractivity contribution is 0.472. The first-order chi connectivity index (χ1) is 10.9. The van der Waals surface area contributed by atoms with Crippen molar-refractivity contribution in [3.63, 3.8) is 0 Å². The largest absolute Gasteiger partial charge is 0.508 e. The van der Waals surface area contributed by atoms with E-state index in [1.165, 1.54) is 30.3 Å². The van der Waals surface area contributed by atoms with Crippen LogP contribution >= 0.6 is 0 Å². The average Bonchev–Trinajstić information content (AvgIpc) is 2.53. The molecule has 0 saturated heterocycles. The molecule has 0 aliphatic rings. The number of nitrogens with one attached hydrogen (secondary N) is 1. The Morgan fingerprint density at radius 2 is 1.65 bits per heavy atom. The quantitative estimate of drug-likeness (QED) is 0.643. The molecule has 118 valence electrons. The van der Waals surface area contributed by atoms with Crippen LogP contribution in [0.5, 0.6) is 11.5 Å². The predicted molar refractivity (Wildman–Crippen MR) is 89.3 cm³/mol. The molecule has 0 amide bonds. The highest BCUT2D eigenvalue weighted by Crippen LogP contribution is 2.30. The van der Waals surface area contributed by atoms with E-state index in [2.05, 4.69) is 4.72 Å². The minimum Gasteiger partial charge on any atom is -0.508 e. The van der Waals surface area contributed by atoms with Gasteiger partial charge in [-0.25, -0.2) is 8.42 Å². The number of para-hydroxylation sites is 2. The van der Waals surface area contributed by atoms with Gasteiger partial charge in [-0.1, -0.05) is 24.3 Å². The summed E-state index contributed by atoms with van der Waals surface area (Å²) in [5.74, 6) is 0.0260. The molecule has 0 atom stereocenters. The number of aryl methyl sites for hydroxylation is 1. The topological polar surface area (TPSA) is 86.6 Å². The van der Waals surface area contributed by atoms with E-state index in [0.717, 1.165) is 5.39 Å². The fourth-order valence-electron chi connectivity index (χ4n) is 2.38. The third kappa shape index (κ3) is 2.80. The van der Waals surface area contributed by atoms with E-state index < -0.39 is 10.0 Å². The Morgan fingerprint density at radius 3 is 2.39 bits per heavy atom. The molecule has 3 aromatic rings. The summed E-state index contributed by atoms with van der Waals surface area (Å²) in [6.07, 6.45) is 0. The lowest BCUT2D eigenvalue weighted by Gasteiger charge is -2.11. The van der Waals surface area contributed by atoms with Crippen molar-refractivity contribution in [1.29, 1.82) is 0 Å². The van der Waals surface area contributed by atoms with Crippen molar-refractivity contribution in [3.05, 3.63) is 60.2 Å². The van der Waals surface area contributed by atoms with Crippen molar-refractivity contribution >= 4 is 26.5 Å². The molecule has 23 heavy (non-hydrogen) atoms. The monoisotopic (exact) mass is 329 g/mol. The third-order valence-corrected chi connectivity index (χ3v) is 5.05. The highest BCUT2D eigenvalue weighted by atomic mass is 32.2. The zero-order valence-corrected chi connectivity index (χ0v) is 13.1. The molecule has 0 aliphatic carbocycles. The summed E-state index contributed by atoms with van der Waals surface area (Å²) < 4.78 is 27.3. The first-order valence-electron chi connectivity index (χ1n) is 6.91. The molecular weight excluding hydrogens is 314 g/mol. The summed E-state index contributed by atoms with van der Waals surface area (Å²) in [7, 11) is -3.82. The van der Waals surface area contributed by atoms with Crippen LogP contribution in [0, 0.1) is 6.92 Å². The smallest absolute Gasteiger partial charge is 0.262 e. The number of hydrogen-bond donors (Lipinski definition) is 3. The molecule has 5 nitrogen and oxygen atoms in total. The van der Waals surface area contributed by atoms with Crippen LogP contribution in [0.15, 0.2) is 59.5 Å². The van der Waals surface area contributed by atoms with Crippen LogP contribution in [-0.4, -0.2) is 18.6 Å². The van der Waals surface area contributed by atoms with E-state index in [9.17, 15) is 18.6 Å². The number of aromatic hydroxyl groups is 2. The van der Waals surface area contributed by atoms with Gasteiger partial charge in [0.1, 0.15) is 11.5 Å². The number of benzene rings is 3. The van der Waals surface area contributed by atoms with Crippen molar-refractivity contribution in [2.45, 2.75) is 11.8 Å². The lowest BCUT2D eigenvalue weighted by Crippen LogP contribution is -2.13. The van der Waals surface area contributed by atoms with E-state index in [0.29, 0.717) is 10.9 Å². The van der Waals surface area contributed by atoms with E-state index in [1.807, 2.05) is 0 Å². The second-order valence-electron chi connectivity index (χ2n) is 5.22. The summed E-state index contributed by atoms with van der Waals surface area (Å²) in [5, 5.41) is 20.9. The van der Waals surface area contributed by atoms with Crippen LogP contribution < -0.4 is 4.72 Å². The van der Waals surface area contributed by atoms with Gasteiger partial charge in [-0.3, -0.25) is 4.72 Å². The van der Waals surface area contributed by atoms with Crippen molar-refractivity contribution in [2.75, 3.05) is 4.72 Å². The van der Waals surface area contributed by atoms with E-state index in [4.69, 9.17) is 0 Å². The van der Waals surface area contributed by atoms with Gasteiger partial charge in [-0.2, -0.15) is 0 Å². The van der Waals surface area contributed by atoms with E-state index in [1.54, 1.807) is 31.2 Å². The number of sulfonamides is 1. The number of phenols is 2. The number of fused-ring (bicyclic) bond motifs is 1. The van der Waals surface area contributed by atoms with Crippen molar-refractivity contribution < 1.29 is 18.6 Å². The highest BCUT2D eigenvalue weighted by Gasteiger charge is 2.17. The maximum absolute atomic E-state index is 12.5. The van der Waals surface area contributed by atoms with Gasteiger partial charge >= 0.3 is 0 Å². The second-order valence-corrected chi connectivity index (χ2v) is 6.90. The molecule has 0 fully saturated rings. The molecule has 3 rings (SSSR count). The minimum atomic E-state index is -3.82. The van der Waals surface area contributed by atoms with Crippen LogP contribution in [0.25, 0.3) is 10.8 Å². The Kier molecular flexibility index (Phi) is 3.61.